The summed E-state index contributed by atoms with van der Waals surface area (Å²) < 4.78 is 12.9. The van der Waals surface area contributed by atoms with E-state index in [2.05, 4.69) is 195 Å². The first-order valence-electron chi connectivity index (χ1n) is 20.0. The highest BCUT2D eigenvalue weighted by Crippen LogP contribution is 2.52. The predicted molar refractivity (Wildman–Crippen MR) is 242 cm³/mol. The second-order valence-electron chi connectivity index (χ2n) is 16.1. The highest BCUT2D eigenvalue weighted by molar-refractivity contribution is 6.17. The van der Waals surface area contributed by atoms with E-state index in [0.717, 1.165) is 83.2 Å². The second-order valence-corrected chi connectivity index (χ2v) is 16.1. The maximum atomic E-state index is 6.58. The van der Waals surface area contributed by atoms with Gasteiger partial charge in [-0.25, -0.2) is 0 Å². The average molecular weight is 744 g/mol. The first-order valence-corrected chi connectivity index (χ1v) is 20.0. The molecule has 0 N–H and O–H groups in total. The van der Waals surface area contributed by atoms with Gasteiger partial charge in [0, 0.05) is 43.9 Å². The summed E-state index contributed by atoms with van der Waals surface area (Å²) in [5.41, 5.74) is 16.6. The third-order valence-electron chi connectivity index (χ3n) is 12.5. The highest BCUT2D eigenvalue weighted by atomic mass is 16.3. The van der Waals surface area contributed by atoms with E-state index < -0.39 is 0 Å². The Bertz CT molecular complexity index is 3440. The minimum Gasteiger partial charge on any atom is -0.456 e. The van der Waals surface area contributed by atoms with Gasteiger partial charge in [0.05, 0.1) is 5.69 Å². The molecule has 0 atom stereocenters. The standard InChI is InChI=1S/C55H37NO2/c1-55(2)46-20-8-5-15-40(46)41-30-29-38(33-47(41)55)56(37-27-25-34(26-28-37)39-18-11-23-50-53(39)44-17-7-10-22-49(44)57-50)48-21-9-6-16-42(48)43-19-12-24-51-54(43)45-31-35-13-3-4-14-36(35)32-52(45)58-51/h3-33H,1-2H3. The number of nitrogens with zero attached hydrogens (tertiary/aromatic N) is 1. The molecule has 0 radical (unpaired) electrons. The lowest BCUT2D eigenvalue weighted by Crippen LogP contribution is -2.16. The number of rotatable bonds is 5. The van der Waals surface area contributed by atoms with E-state index in [9.17, 15) is 0 Å². The number of anilines is 3. The Morgan fingerprint density at radius 1 is 0.379 bits per heavy atom. The van der Waals surface area contributed by atoms with Crippen LogP contribution in [0.3, 0.4) is 0 Å². The zero-order valence-electron chi connectivity index (χ0n) is 32.2. The molecule has 2 aromatic heterocycles. The minimum absolute atomic E-state index is 0.146. The van der Waals surface area contributed by atoms with Crippen LogP contribution in [-0.2, 0) is 5.41 Å². The van der Waals surface area contributed by atoms with Gasteiger partial charge >= 0.3 is 0 Å². The number of hydrogen-bond donors (Lipinski definition) is 0. The number of fused-ring (bicyclic) bond motifs is 10. The van der Waals surface area contributed by atoms with Gasteiger partial charge in [0.15, 0.2) is 0 Å². The molecule has 0 amide bonds. The molecule has 1 aliphatic rings. The third-order valence-corrected chi connectivity index (χ3v) is 12.5. The maximum Gasteiger partial charge on any atom is 0.136 e. The largest absolute Gasteiger partial charge is 0.456 e. The van der Waals surface area contributed by atoms with Crippen LogP contribution in [0.4, 0.5) is 17.1 Å². The summed E-state index contributed by atoms with van der Waals surface area (Å²) in [5, 5.41) is 6.88. The Morgan fingerprint density at radius 3 is 1.79 bits per heavy atom. The molecular formula is C55H37NO2. The number of para-hydroxylation sites is 2. The van der Waals surface area contributed by atoms with Crippen molar-refractivity contribution in [3.05, 3.63) is 199 Å². The van der Waals surface area contributed by atoms with E-state index in [1.165, 1.54) is 33.0 Å². The average Bonchev–Trinajstić information content (AvgIpc) is 3.91. The quantitative estimate of drug-likeness (QED) is 0.176. The minimum atomic E-state index is -0.146. The predicted octanol–water partition coefficient (Wildman–Crippen LogP) is 15.7. The van der Waals surface area contributed by atoms with Crippen molar-refractivity contribution in [2.24, 2.45) is 0 Å². The van der Waals surface area contributed by atoms with Crippen molar-refractivity contribution in [2.75, 3.05) is 4.90 Å². The van der Waals surface area contributed by atoms with Crippen LogP contribution in [0.2, 0.25) is 0 Å². The van der Waals surface area contributed by atoms with E-state index in [-0.39, 0.29) is 5.41 Å². The summed E-state index contributed by atoms with van der Waals surface area (Å²) in [6, 6.07) is 67.8. The van der Waals surface area contributed by atoms with Crippen LogP contribution in [0.25, 0.3) is 88.0 Å². The summed E-state index contributed by atoms with van der Waals surface area (Å²) in [6.07, 6.45) is 0. The molecule has 0 saturated carbocycles. The van der Waals surface area contributed by atoms with Crippen molar-refractivity contribution >= 4 is 71.7 Å². The van der Waals surface area contributed by atoms with Gasteiger partial charge in [-0.05, 0) is 110 Å². The lowest BCUT2D eigenvalue weighted by Gasteiger charge is -2.30. The summed E-state index contributed by atoms with van der Waals surface area (Å²) in [6.45, 7) is 4.70. The van der Waals surface area contributed by atoms with Crippen LogP contribution >= 0.6 is 0 Å². The van der Waals surface area contributed by atoms with Gasteiger partial charge in [0.2, 0.25) is 0 Å². The second kappa shape index (κ2) is 12.3. The fourth-order valence-corrected chi connectivity index (χ4v) is 9.70. The summed E-state index contributed by atoms with van der Waals surface area (Å²) >= 11 is 0. The molecule has 3 nitrogen and oxygen atoms in total. The SMILES string of the molecule is CC1(C)c2ccccc2-c2ccc(N(c3ccc(-c4cccc5oc6ccccc6c45)cc3)c3ccccc3-c3cccc4oc5cc6ccccc6cc5c34)cc21. The Hall–Kier alpha value is -7.36. The Morgan fingerprint density at radius 2 is 0.966 bits per heavy atom. The molecule has 11 aromatic rings. The monoisotopic (exact) mass is 743 g/mol. The zero-order chi connectivity index (χ0) is 38.5. The Labute approximate surface area is 336 Å². The van der Waals surface area contributed by atoms with Gasteiger partial charge < -0.3 is 13.7 Å². The Balaban J connectivity index is 1.07. The van der Waals surface area contributed by atoms with Gasteiger partial charge in [0.25, 0.3) is 0 Å². The third kappa shape index (κ3) is 4.80. The smallest absolute Gasteiger partial charge is 0.136 e. The normalized spacial score (nSPS) is 13.1. The van der Waals surface area contributed by atoms with Gasteiger partial charge in [0.1, 0.15) is 22.3 Å². The lowest BCUT2D eigenvalue weighted by atomic mass is 9.82. The van der Waals surface area contributed by atoms with Crippen LogP contribution in [0.5, 0.6) is 0 Å². The van der Waals surface area contributed by atoms with Gasteiger partial charge in [-0.2, -0.15) is 0 Å². The molecule has 0 spiro atoms. The van der Waals surface area contributed by atoms with E-state index >= 15 is 0 Å². The molecule has 0 bridgehead atoms. The van der Waals surface area contributed by atoms with Crippen molar-refractivity contribution in [2.45, 2.75) is 19.3 Å². The molecule has 0 unspecified atom stereocenters. The van der Waals surface area contributed by atoms with Gasteiger partial charge in [-0.15, -0.1) is 0 Å². The number of benzene rings is 9. The van der Waals surface area contributed by atoms with E-state index in [1.807, 2.05) is 12.1 Å². The van der Waals surface area contributed by atoms with E-state index in [1.54, 1.807) is 0 Å². The van der Waals surface area contributed by atoms with Gasteiger partial charge in [-0.1, -0.05) is 141 Å². The Kier molecular flexibility index (Phi) is 6.98. The molecule has 1 aliphatic carbocycles. The first kappa shape index (κ1) is 32.8. The fraction of sp³-hybridized carbons (Fsp3) is 0.0545. The summed E-state index contributed by atoms with van der Waals surface area (Å²) in [4.78, 5) is 2.43. The topological polar surface area (TPSA) is 29.5 Å². The molecule has 0 aliphatic heterocycles. The number of furan rings is 2. The molecule has 3 heteroatoms. The van der Waals surface area contributed by atoms with Crippen molar-refractivity contribution < 1.29 is 8.83 Å². The summed E-state index contributed by atoms with van der Waals surface area (Å²) in [7, 11) is 0. The number of hydrogen-bond acceptors (Lipinski definition) is 3. The summed E-state index contributed by atoms with van der Waals surface area (Å²) in [5.74, 6) is 0. The van der Waals surface area contributed by atoms with Crippen molar-refractivity contribution in [3.63, 3.8) is 0 Å². The molecule has 0 saturated heterocycles. The molecule has 58 heavy (non-hydrogen) atoms. The van der Waals surface area contributed by atoms with E-state index in [0.29, 0.717) is 0 Å². The van der Waals surface area contributed by atoms with Crippen LogP contribution < -0.4 is 4.90 Å². The van der Waals surface area contributed by atoms with Crippen LogP contribution in [0.1, 0.15) is 25.0 Å². The van der Waals surface area contributed by atoms with Crippen molar-refractivity contribution in [1.82, 2.24) is 0 Å². The van der Waals surface area contributed by atoms with E-state index in [4.69, 9.17) is 8.83 Å². The molecule has 274 valence electrons. The molecule has 0 fully saturated rings. The first-order chi connectivity index (χ1) is 28.5. The van der Waals surface area contributed by atoms with Gasteiger partial charge in [-0.3, -0.25) is 0 Å². The highest BCUT2D eigenvalue weighted by Gasteiger charge is 2.36. The zero-order valence-corrected chi connectivity index (χ0v) is 32.2. The lowest BCUT2D eigenvalue weighted by molar-refractivity contribution is 0.660. The molecule has 12 rings (SSSR count). The maximum absolute atomic E-state index is 6.58. The van der Waals surface area contributed by atoms with Crippen LogP contribution in [0, 0.1) is 0 Å². The fourth-order valence-electron chi connectivity index (χ4n) is 9.70. The van der Waals surface area contributed by atoms with Crippen molar-refractivity contribution in [1.29, 1.82) is 0 Å². The van der Waals surface area contributed by atoms with Crippen LogP contribution in [-0.4, -0.2) is 0 Å². The molecular weight excluding hydrogens is 707 g/mol. The molecule has 2 heterocycles. The van der Waals surface area contributed by atoms with Crippen LogP contribution in [0.15, 0.2) is 197 Å². The molecule has 9 aromatic carbocycles. The van der Waals surface area contributed by atoms with Crippen molar-refractivity contribution in [3.8, 4) is 33.4 Å².